The Balaban J connectivity index is 0.000000180. The molecule has 0 fully saturated rings. The molecule has 0 spiro atoms. The number of aromatic nitrogens is 2. The van der Waals surface area contributed by atoms with Gasteiger partial charge < -0.3 is 5.11 Å². The van der Waals surface area contributed by atoms with Crippen molar-refractivity contribution in [3.63, 3.8) is 0 Å². The van der Waals surface area contributed by atoms with Gasteiger partial charge in [-0.15, -0.1) is 11.3 Å². The second kappa shape index (κ2) is 5.02. The molecular formula is C14H11N3O3S. The average molecular weight is 301 g/mol. The van der Waals surface area contributed by atoms with E-state index >= 15 is 0 Å². The molecule has 0 saturated heterocycles. The molecule has 0 bridgehead atoms. The number of carbonyl (C=O) groups is 2. The molecule has 0 atom stereocenters. The first-order valence-electron chi connectivity index (χ1n) is 6.13. The molecule has 2 N–H and O–H groups in total. The molecule has 0 saturated carbocycles. The number of amides is 1. The van der Waals surface area contributed by atoms with Crippen molar-refractivity contribution in [2.75, 3.05) is 5.43 Å². The van der Waals surface area contributed by atoms with Crippen LogP contribution in [0.3, 0.4) is 0 Å². The largest absolute Gasteiger partial charge is 0.477 e. The molecular weight excluding hydrogens is 290 g/mol. The van der Waals surface area contributed by atoms with E-state index in [1.54, 1.807) is 0 Å². The number of aromatic carboxylic acids is 1. The zero-order valence-corrected chi connectivity index (χ0v) is 11.8. The van der Waals surface area contributed by atoms with E-state index in [9.17, 15) is 9.59 Å². The molecule has 2 heterocycles. The molecule has 4 rings (SSSR count). The predicted molar refractivity (Wildman–Crippen MR) is 80.0 cm³/mol. The fraction of sp³-hybridized carbons (Fsp3) is 0.0714. The van der Waals surface area contributed by atoms with Crippen molar-refractivity contribution >= 4 is 33.4 Å². The maximum absolute atomic E-state index is 10.8. The van der Waals surface area contributed by atoms with Crippen LogP contribution in [0.2, 0.25) is 0 Å². The monoisotopic (exact) mass is 301 g/mol. The van der Waals surface area contributed by atoms with E-state index in [0.717, 1.165) is 11.3 Å². The van der Waals surface area contributed by atoms with Gasteiger partial charge in [-0.2, -0.15) is 9.89 Å². The van der Waals surface area contributed by atoms with Crippen LogP contribution in [0.15, 0.2) is 36.5 Å². The van der Waals surface area contributed by atoms with E-state index < -0.39 is 5.97 Å². The summed E-state index contributed by atoms with van der Waals surface area (Å²) >= 11 is 1.07. The molecule has 2 aromatic heterocycles. The van der Waals surface area contributed by atoms with Gasteiger partial charge in [0.2, 0.25) is 5.91 Å². The number of hydrogen-bond acceptors (Lipinski definition) is 4. The van der Waals surface area contributed by atoms with E-state index in [2.05, 4.69) is 34.8 Å². The minimum atomic E-state index is -0.981. The number of thiophene rings is 1. The normalized spacial score (nSPS) is 10.7. The maximum Gasteiger partial charge on any atom is 0.345 e. The first kappa shape index (κ1) is 13.3. The molecule has 2 aliphatic carbocycles. The Kier molecular flexibility index (Phi) is 3.19. The van der Waals surface area contributed by atoms with Crippen LogP contribution in [0.4, 0.5) is 0 Å². The molecule has 0 radical (unpaired) electrons. The minimum absolute atomic E-state index is 0.224. The van der Waals surface area contributed by atoms with Gasteiger partial charge in [-0.1, -0.05) is 18.2 Å². The molecule has 1 amide bonds. The van der Waals surface area contributed by atoms with Gasteiger partial charge in [-0.25, -0.2) is 10.2 Å². The van der Waals surface area contributed by atoms with Crippen molar-refractivity contribution in [3.8, 4) is 11.1 Å². The average Bonchev–Trinajstić information content (AvgIpc) is 2.84. The Morgan fingerprint density at radius 3 is 2.48 bits per heavy atom. The van der Waals surface area contributed by atoms with E-state index in [1.165, 1.54) is 35.1 Å². The molecule has 0 unspecified atom stereocenters. The van der Waals surface area contributed by atoms with Gasteiger partial charge >= 0.3 is 5.97 Å². The number of benzene rings is 1. The Labute approximate surface area is 123 Å². The number of carboxylic acid groups (broad SMARTS) is 1. The standard InChI is InChI=1S/C8H7N3O3S.C6H4/c1-4(12)10-11-7-5(3-9-11)2-6(15-7)8(13)14;1-2-5-4-6(5)3-1/h2-3H,1H3,(H,10,12)(H,13,14);1-4H. The van der Waals surface area contributed by atoms with E-state index in [-0.39, 0.29) is 10.8 Å². The molecule has 0 aromatic carbocycles. The van der Waals surface area contributed by atoms with Crippen LogP contribution in [-0.4, -0.2) is 26.9 Å². The van der Waals surface area contributed by atoms with Crippen LogP contribution in [0.25, 0.3) is 21.3 Å². The van der Waals surface area contributed by atoms with Crippen LogP contribution >= 0.6 is 11.3 Å². The highest BCUT2D eigenvalue weighted by Gasteiger charge is 2.12. The first-order valence-corrected chi connectivity index (χ1v) is 6.95. The molecule has 2 aromatic rings. The van der Waals surface area contributed by atoms with Crippen molar-refractivity contribution in [3.05, 3.63) is 41.4 Å². The third-order valence-corrected chi connectivity index (χ3v) is 3.95. The lowest BCUT2D eigenvalue weighted by Crippen LogP contribution is -2.20. The molecule has 2 aliphatic rings. The van der Waals surface area contributed by atoms with Crippen molar-refractivity contribution < 1.29 is 14.7 Å². The number of rotatable bonds is 2. The van der Waals surface area contributed by atoms with Crippen LogP contribution in [-0.2, 0) is 4.79 Å². The summed E-state index contributed by atoms with van der Waals surface area (Å²) in [6.45, 7) is 1.36. The summed E-state index contributed by atoms with van der Waals surface area (Å²) in [4.78, 5) is 23.6. The highest BCUT2D eigenvalue weighted by molar-refractivity contribution is 7.20. The molecule has 0 aliphatic heterocycles. The predicted octanol–water partition coefficient (Wildman–Crippen LogP) is 2.55. The SMILES string of the molecule is CC(=O)Nn1ncc2cc(C(=O)O)sc21.c1cc2cc-2c1. The number of nitrogens with zero attached hydrogens (tertiary/aromatic N) is 2. The van der Waals surface area contributed by atoms with E-state index in [4.69, 9.17) is 5.11 Å². The van der Waals surface area contributed by atoms with Crippen molar-refractivity contribution in [2.24, 2.45) is 0 Å². The fourth-order valence-electron chi connectivity index (χ4n) is 1.84. The Bertz CT molecular complexity index is 833. The van der Waals surface area contributed by atoms with Gasteiger partial charge in [-0.3, -0.25) is 4.79 Å². The molecule has 106 valence electrons. The first-order chi connectivity index (χ1) is 10.0. The number of hydrogen-bond donors (Lipinski definition) is 2. The van der Waals surface area contributed by atoms with Crippen LogP contribution in [0, 0.1) is 0 Å². The summed E-state index contributed by atoms with van der Waals surface area (Å²) < 4.78 is 0. The second-order valence-electron chi connectivity index (χ2n) is 4.48. The number of carboxylic acids is 1. The van der Waals surface area contributed by atoms with Gasteiger partial charge in [0, 0.05) is 12.3 Å². The maximum atomic E-state index is 10.8. The van der Waals surface area contributed by atoms with Crippen molar-refractivity contribution in [2.45, 2.75) is 6.92 Å². The summed E-state index contributed by atoms with van der Waals surface area (Å²) in [5, 5.41) is 13.4. The van der Waals surface area contributed by atoms with Crippen LogP contribution in [0.1, 0.15) is 16.6 Å². The smallest absolute Gasteiger partial charge is 0.345 e. The highest BCUT2D eigenvalue weighted by Crippen LogP contribution is 2.32. The number of fused-ring (bicyclic) bond motifs is 2. The number of nitrogens with one attached hydrogen (secondary N) is 1. The quantitative estimate of drug-likeness (QED) is 0.596. The van der Waals surface area contributed by atoms with Gasteiger partial charge in [0.15, 0.2) is 0 Å². The topological polar surface area (TPSA) is 84.2 Å². The van der Waals surface area contributed by atoms with Gasteiger partial charge in [0.05, 0.1) is 6.20 Å². The summed E-state index contributed by atoms with van der Waals surface area (Å²) in [6, 6.07) is 10.0. The third kappa shape index (κ3) is 2.77. The summed E-state index contributed by atoms with van der Waals surface area (Å²) in [6.07, 6.45) is 1.51. The lowest BCUT2D eigenvalue weighted by Gasteiger charge is -1.99. The fourth-order valence-corrected chi connectivity index (χ4v) is 2.73. The molecule has 21 heavy (non-hydrogen) atoms. The van der Waals surface area contributed by atoms with Crippen molar-refractivity contribution in [1.82, 2.24) is 9.89 Å². The molecule has 7 heteroatoms. The summed E-state index contributed by atoms with van der Waals surface area (Å²) in [5.41, 5.74) is 5.32. The Morgan fingerprint density at radius 1 is 1.29 bits per heavy atom. The van der Waals surface area contributed by atoms with Gasteiger partial charge in [0.1, 0.15) is 9.71 Å². The second-order valence-corrected chi connectivity index (χ2v) is 5.51. The summed E-state index contributed by atoms with van der Waals surface area (Å²) in [7, 11) is 0. The Morgan fingerprint density at radius 2 is 2.00 bits per heavy atom. The number of carbonyl (C=O) groups excluding carboxylic acids is 1. The van der Waals surface area contributed by atoms with E-state index in [1.807, 2.05) is 0 Å². The Hall–Kier alpha value is -2.67. The lowest BCUT2D eigenvalue weighted by atomic mass is 10.4. The lowest BCUT2D eigenvalue weighted by molar-refractivity contribution is -0.115. The highest BCUT2D eigenvalue weighted by atomic mass is 32.1. The van der Waals surface area contributed by atoms with Crippen molar-refractivity contribution in [1.29, 1.82) is 0 Å². The minimum Gasteiger partial charge on any atom is -0.477 e. The summed E-state index contributed by atoms with van der Waals surface area (Å²) in [5.74, 6) is -1.24. The zero-order chi connectivity index (χ0) is 15.0. The van der Waals surface area contributed by atoms with Crippen LogP contribution < -0.4 is 5.43 Å². The zero-order valence-electron chi connectivity index (χ0n) is 11.0. The van der Waals surface area contributed by atoms with Gasteiger partial charge in [0.25, 0.3) is 0 Å². The third-order valence-electron chi connectivity index (χ3n) is 2.83. The molecule has 6 nitrogen and oxygen atoms in total. The van der Waals surface area contributed by atoms with E-state index in [0.29, 0.717) is 10.2 Å². The van der Waals surface area contributed by atoms with Crippen LogP contribution in [0.5, 0.6) is 0 Å². The van der Waals surface area contributed by atoms with Gasteiger partial charge in [-0.05, 0) is 23.3 Å².